The fourth-order valence-corrected chi connectivity index (χ4v) is 1.18. The van der Waals surface area contributed by atoms with E-state index in [1.165, 1.54) is 0 Å². The van der Waals surface area contributed by atoms with Crippen LogP contribution in [0.1, 0.15) is 13.8 Å². The van der Waals surface area contributed by atoms with E-state index < -0.39 is 30.5 Å². The van der Waals surface area contributed by atoms with Gasteiger partial charge >= 0.3 is 0 Å². The Bertz CT molecular complexity index is 124. The summed E-state index contributed by atoms with van der Waals surface area (Å²) in [7, 11) is 0. The molecule has 5 atom stereocenters. The van der Waals surface area contributed by atoms with Gasteiger partial charge in [0.15, 0.2) is 6.29 Å². The molecule has 11 heavy (non-hydrogen) atoms. The van der Waals surface area contributed by atoms with E-state index in [4.69, 9.17) is 9.84 Å². The molecule has 1 saturated heterocycles. The number of ether oxygens (including phenoxy) is 1. The number of hydrogen-bond acceptors (Lipinski definition) is 4. The highest BCUT2D eigenvalue weighted by atomic mass is 16.6. The smallest absolute Gasteiger partial charge is 0.160 e. The maximum Gasteiger partial charge on any atom is 0.160 e. The first kappa shape index (κ1) is 8.93. The zero-order valence-electron chi connectivity index (χ0n) is 6.64. The second-order valence-corrected chi connectivity index (χ2v) is 3.07. The van der Waals surface area contributed by atoms with E-state index in [0.717, 1.165) is 0 Å². The van der Waals surface area contributed by atoms with Crippen molar-refractivity contribution in [2.24, 2.45) is 5.92 Å². The highest BCUT2D eigenvalue weighted by Gasteiger charge is 2.38. The van der Waals surface area contributed by atoms with Crippen LogP contribution in [0.3, 0.4) is 0 Å². The number of aliphatic hydroxyl groups excluding tert-OH is 3. The number of hydrogen-bond donors (Lipinski definition) is 3. The summed E-state index contributed by atoms with van der Waals surface area (Å²) in [6, 6.07) is 0. The van der Waals surface area contributed by atoms with Crippen molar-refractivity contribution in [1.29, 1.82) is 0 Å². The van der Waals surface area contributed by atoms with Crippen LogP contribution in [0.4, 0.5) is 0 Å². The molecule has 0 aromatic rings. The lowest BCUT2D eigenvalue weighted by atomic mass is 9.93. The van der Waals surface area contributed by atoms with E-state index in [1.807, 2.05) is 0 Å². The molecule has 0 spiro atoms. The Labute approximate surface area is 65.4 Å². The molecule has 0 aliphatic carbocycles. The molecule has 0 saturated carbocycles. The van der Waals surface area contributed by atoms with Gasteiger partial charge in [-0.25, -0.2) is 0 Å². The van der Waals surface area contributed by atoms with Crippen molar-refractivity contribution in [3.05, 3.63) is 0 Å². The van der Waals surface area contributed by atoms with Crippen molar-refractivity contribution in [2.75, 3.05) is 0 Å². The van der Waals surface area contributed by atoms with Gasteiger partial charge in [0, 0.05) is 5.92 Å². The van der Waals surface area contributed by atoms with Gasteiger partial charge < -0.3 is 20.1 Å². The van der Waals surface area contributed by atoms with Crippen molar-refractivity contribution in [3.63, 3.8) is 0 Å². The Morgan fingerprint density at radius 3 is 2.09 bits per heavy atom. The van der Waals surface area contributed by atoms with Gasteiger partial charge in [0.05, 0.1) is 12.2 Å². The molecule has 1 rings (SSSR count). The second-order valence-electron chi connectivity index (χ2n) is 3.07. The third kappa shape index (κ3) is 1.54. The van der Waals surface area contributed by atoms with Gasteiger partial charge in [-0.05, 0) is 6.92 Å². The Morgan fingerprint density at radius 1 is 1.00 bits per heavy atom. The summed E-state index contributed by atoms with van der Waals surface area (Å²) in [6.07, 6.45) is -3.26. The minimum absolute atomic E-state index is 0.429. The average Bonchev–Trinajstić information content (AvgIpc) is 1.97. The molecule has 0 bridgehead atoms. The first-order valence-corrected chi connectivity index (χ1v) is 3.73. The fourth-order valence-electron chi connectivity index (χ4n) is 1.18. The lowest BCUT2D eigenvalue weighted by molar-refractivity contribution is -0.255. The molecular weight excluding hydrogens is 148 g/mol. The van der Waals surface area contributed by atoms with Crippen molar-refractivity contribution in [2.45, 2.75) is 38.4 Å². The van der Waals surface area contributed by atoms with Crippen LogP contribution >= 0.6 is 0 Å². The Balaban J connectivity index is 2.63. The first-order chi connectivity index (χ1) is 5.04. The average molecular weight is 162 g/mol. The molecule has 0 radical (unpaired) electrons. The van der Waals surface area contributed by atoms with E-state index in [0.29, 0.717) is 0 Å². The normalized spacial score (nSPS) is 52.6. The van der Waals surface area contributed by atoms with Crippen LogP contribution in [0.25, 0.3) is 0 Å². The summed E-state index contributed by atoms with van der Waals surface area (Å²) in [4.78, 5) is 0. The molecular formula is C7H14O4. The lowest BCUT2D eigenvalue weighted by Gasteiger charge is -2.37. The molecule has 1 aliphatic rings. The van der Waals surface area contributed by atoms with E-state index in [9.17, 15) is 10.2 Å². The first-order valence-electron chi connectivity index (χ1n) is 3.73. The predicted octanol–water partition coefficient (Wildman–Crippen LogP) is -0.919. The minimum atomic E-state index is -0.969. The van der Waals surface area contributed by atoms with Crippen LogP contribution in [0.5, 0.6) is 0 Å². The molecule has 3 N–H and O–H groups in total. The molecule has 1 aliphatic heterocycles. The zero-order valence-corrected chi connectivity index (χ0v) is 6.64. The molecule has 0 aromatic carbocycles. The molecule has 1 heterocycles. The standard InChI is InChI=1S/C7H14O4/c1-3-5(8)6(9)4(2)11-7(3)10/h3-10H,1-2H3/t3?,4?,5-,6-,7?/m1/s1. The highest BCUT2D eigenvalue weighted by molar-refractivity contribution is 4.84. The van der Waals surface area contributed by atoms with Gasteiger partial charge in [0.1, 0.15) is 6.10 Å². The molecule has 0 amide bonds. The third-order valence-electron chi connectivity index (χ3n) is 2.17. The molecule has 1 fully saturated rings. The molecule has 3 unspecified atom stereocenters. The van der Waals surface area contributed by atoms with Crippen molar-refractivity contribution in [3.8, 4) is 0 Å². The van der Waals surface area contributed by atoms with Crippen molar-refractivity contribution in [1.82, 2.24) is 0 Å². The fraction of sp³-hybridized carbons (Fsp3) is 1.00. The van der Waals surface area contributed by atoms with Crippen LogP contribution in [-0.2, 0) is 4.74 Å². The molecule has 4 nitrogen and oxygen atoms in total. The maximum atomic E-state index is 9.30. The summed E-state index contributed by atoms with van der Waals surface area (Å²) in [6.45, 7) is 3.24. The van der Waals surface area contributed by atoms with Crippen LogP contribution in [0.15, 0.2) is 0 Å². The van der Waals surface area contributed by atoms with Gasteiger partial charge in [-0.2, -0.15) is 0 Å². The predicted molar refractivity (Wildman–Crippen MR) is 37.7 cm³/mol. The Morgan fingerprint density at radius 2 is 1.55 bits per heavy atom. The monoisotopic (exact) mass is 162 g/mol. The summed E-state index contributed by atoms with van der Waals surface area (Å²) >= 11 is 0. The topological polar surface area (TPSA) is 69.9 Å². The van der Waals surface area contributed by atoms with Crippen LogP contribution in [0, 0.1) is 5.92 Å². The van der Waals surface area contributed by atoms with E-state index in [1.54, 1.807) is 13.8 Å². The van der Waals surface area contributed by atoms with E-state index in [-0.39, 0.29) is 0 Å². The quantitative estimate of drug-likeness (QED) is 0.431. The maximum absolute atomic E-state index is 9.30. The van der Waals surface area contributed by atoms with Gasteiger partial charge in [-0.15, -0.1) is 0 Å². The zero-order chi connectivity index (χ0) is 8.59. The summed E-state index contributed by atoms with van der Waals surface area (Å²) < 4.78 is 4.93. The SMILES string of the molecule is CC1OC(O)C(C)[C@@H](O)[C@@H]1O. The number of rotatable bonds is 0. The highest BCUT2D eigenvalue weighted by Crippen LogP contribution is 2.23. The third-order valence-corrected chi connectivity index (χ3v) is 2.17. The van der Waals surface area contributed by atoms with Gasteiger partial charge in [-0.1, -0.05) is 6.92 Å². The molecule has 66 valence electrons. The Hall–Kier alpha value is -0.160. The van der Waals surface area contributed by atoms with Gasteiger partial charge in [0.25, 0.3) is 0 Å². The van der Waals surface area contributed by atoms with Crippen molar-refractivity contribution >= 4 is 0 Å². The van der Waals surface area contributed by atoms with E-state index in [2.05, 4.69) is 0 Å². The van der Waals surface area contributed by atoms with E-state index >= 15 is 0 Å². The minimum Gasteiger partial charge on any atom is -0.390 e. The largest absolute Gasteiger partial charge is 0.390 e. The lowest BCUT2D eigenvalue weighted by Crippen LogP contribution is -2.52. The Kier molecular flexibility index (Phi) is 2.49. The number of aliphatic hydroxyl groups is 3. The summed E-state index contributed by atoms with van der Waals surface area (Å²) in [5.41, 5.74) is 0. The van der Waals surface area contributed by atoms with Crippen molar-refractivity contribution < 1.29 is 20.1 Å². The molecule has 4 heteroatoms. The van der Waals surface area contributed by atoms with Crippen LogP contribution in [-0.4, -0.2) is 39.9 Å². The molecule has 0 aromatic heterocycles. The van der Waals surface area contributed by atoms with Gasteiger partial charge in [0.2, 0.25) is 0 Å². The summed E-state index contributed by atoms with van der Waals surface area (Å²) in [5, 5.41) is 27.7. The van der Waals surface area contributed by atoms with Gasteiger partial charge in [-0.3, -0.25) is 0 Å². The summed E-state index contributed by atoms with van der Waals surface area (Å²) in [5.74, 6) is -0.429. The second kappa shape index (κ2) is 3.06. The van der Waals surface area contributed by atoms with Crippen LogP contribution < -0.4 is 0 Å². The van der Waals surface area contributed by atoms with Crippen LogP contribution in [0.2, 0.25) is 0 Å².